The van der Waals surface area contributed by atoms with E-state index < -0.39 is 56.8 Å². The predicted octanol–water partition coefficient (Wildman–Crippen LogP) is 2.06. The lowest BCUT2D eigenvalue weighted by molar-refractivity contribution is -0.0602. The van der Waals surface area contributed by atoms with Crippen LogP contribution in [0.4, 0.5) is 26.3 Å². The van der Waals surface area contributed by atoms with Crippen molar-refractivity contribution in [3.05, 3.63) is 0 Å². The summed E-state index contributed by atoms with van der Waals surface area (Å²) in [6.45, 7) is 0. The summed E-state index contributed by atoms with van der Waals surface area (Å²) in [6.07, 6.45) is -9.66. The van der Waals surface area contributed by atoms with Gasteiger partial charge < -0.3 is 17.7 Å². The Bertz CT molecular complexity index is 659. The van der Waals surface area contributed by atoms with Gasteiger partial charge in [-0.1, -0.05) is 0 Å². The molecule has 2 heterocycles. The molecule has 2 N–H and O–H groups in total. The molecule has 7 nitrogen and oxygen atoms in total. The van der Waals surface area contributed by atoms with Gasteiger partial charge in [0.2, 0.25) is 0 Å². The second-order valence-corrected chi connectivity index (χ2v) is 6.74. The minimum absolute atomic E-state index is 1.44. The van der Waals surface area contributed by atoms with Crippen LogP contribution in [0.25, 0.3) is 0 Å². The minimum Gasteiger partial charge on any atom is -0.381 e. The van der Waals surface area contributed by atoms with Crippen molar-refractivity contribution >= 4 is 44.5 Å². The monoisotopic (exact) mass is 358 g/mol. The first-order valence-corrected chi connectivity index (χ1v) is 7.52. The Morgan fingerprint density at radius 2 is 1.70 bits per heavy atom. The van der Waals surface area contributed by atoms with E-state index in [1.54, 1.807) is 0 Å². The summed E-state index contributed by atoms with van der Waals surface area (Å²) in [6, 6.07) is 0. The molecule has 2 unspecified atom stereocenters. The molecule has 20 heavy (non-hydrogen) atoms. The lowest BCUT2D eigenvalue weighted by atomic mass is 10.6. The maximum Gasteiger partial charge on any atom is 0.453 e. The van der Waals surface area contributed by atoms with Crippen LogP contribution in [0.2, 0.25) is 0 Å². The van der Waals surface area contributed by atoms with Crippen molar-refractivity contribution in [2.75, 3.05) is 0 Å². The molecular weight excluding hydrogens is 356 g/mol. The molecule has 16 heteroatoms. The Balaban J connectivity index is 2.37. The van der Waals surface area contributed by atoms with Crippen LogP contribution in [0.5, 0.6) is 0 Å². The molecule has 0 aromatic rings. The summed E-state index contributed by atoms with van der Waals surface area (Å²) in [7, 11) is -1.92. The summed E-state index contributed by atoms with van der Waals surface area (Å²) in [4.78, 5) is 0. The third-order valence-corrected chi connectivity index (χ3v) is 5.69. The molecule has 2 rings (SSSR count). The normalized spacial score (nSPS) is 27.7. The average molecular weight is 358 g/mol. The van der Waals surface area contributed by atoms with Crippen molar-refractivity contribution in [1.29, 1.82) is 0 Å². The van der Waals surface area contributed by atoms with Gasteiger partial charge >= 0.3 is 12.4 Å². The van der Waals surface area contributed by atoms with E-state index in [1.807, 2.05) is 0 Å². The fraction of sp³-hybridized carbons (Fsp3) is 0.500. The molecule has 0 aromatic heterocycles. The third-order valence-electron chi connectivity index (χ3n) is 1.46. The summed E-state index contributed by atoms with van der Waals surface area (Å²) in [5.41, 5.74) is 4.67. The molecule has 0 saturated carbocycles. The molecule has 0 saturated heterocycles. The van der Waals surface area contributed by atoms with Crippen LogP contribution in [0.1, 0.15) is 0 Å². The van der Waals surface area contributed by atoms with E-state index in [-0.39, 0.29) is 0 Å². The Hall–Kier alpha value is -1.03. The number of hydrogen-bond acceptors (Lipinski definition) is 7. The van der Waals surface area contributed by atoms with Crippen molar-refractivity contribution in [3.63, 3.8) is 0 Å². The van der Waals surface area contributed by atoms with Crippen LogP contribution in [0, 0.1) is 0 Å². The molecule has 0 aliphatic carbocycles. The molecule has 2 atom stereocenters. The van der Waals surface area contributed by atoms with Gasteiger partial charge in [0, 0.05) is 0 Å². The van der Waals surface area contributed by atoms with E-state index in [0.717, 1.165) is 0 Å². The van der Waals surface area contributed by atoms with Crippen molar-refractivity contribution in [3.8, 4) is 0 Å². The number of rotatable bonds is 1. The molecule has 0 aromatic carbocycles. The zero-order valence-electron chi connectivity index (χ0n) is 8.75. The highest BCUT2D eigenvalue weighted by Crippen LogP contribution is 2.25. The molecule has 0 fully saturated rings. The van der Waals surface area contributed by atoms with Gasteiger partial charge in [-0.05, 0) is 0 Å². The van der Waals surface area contributed by atoms with Crippen LogP contribution < -0.4 is 5.73 Å². The van der Waals surface area contributed by atoms with Crippen LogP contribution in [0.3, 0.4) is 0 Å². The Morgan fingerprint density at radius 3 is 2.20 bits per heavy atom. The van der Waals surface area contributed by atoms with Crippen LogP contribution in [-0.4, -0.2) is 24.0 Å². The van der Waals surface area contributed by atoms with Crippen molar-refractivity contribution in [1.82, 2.24) is 0 Å². The van der Waals surface area contributed by atoms with E-state index >= 15 is 0 Å². The van der Waals surface area contributed by atoms with Gasteiger partial charge in [-0.3, -0.25) is 0 Å². The zero-order chi connectivity index (χ0) is 15.1. The molecular formula is C4H2F6N7S3-. The third kappa shape index (κ3) is 3.54. The van der Waals surface area contributed by atoms with Crippen LogP contribution in [-0.2, 0) is 32.8 Å². The number of alkyl halides is 6. The van der Waals surface area contributed by atoms with E-state index in [2.05, 4.69) is 30.2 Å². The largest absolute Gasteiger partial charge is 0.453 e. The van der Waals surface area contributed by atoms with Gasteiger partial charge in [0.1, 0.15) is 22.1 Å². The predicted molar refractivity (Wildman–Crippen MR) is 63.0 cm³/mol. The lowest BCUT2D eigenvalue weighted by Gasteiger charge is -2.18. The molecule has 0 spiro atoms. The molecule has 2 bridgehead atoms. The summed E-state index contributed by atoms with van der Waals surface area (Å²) < 4.78 is 93.2. The van der Waals surface area contributed by atoms with E-state index in [9.17, 15) is 26.3 Å². The number of nitrogens with zero attached hydrogens (tertiary/aromatic N) is 6. The number of halogens is 6. The van der Waals surface area contributed by atoms with Crippen LogP contribution in [0.15, 0.2) is 24.5 Å². The zero-order valence-corrected chi connectivity index (χ0v) is 11.2. The lowest BCUT2D eigenvalue weighted by Crippen LogP contribution is -2.31. The fourth-order valence-electron chi connectivity index (χ4n) is 0.734. The first-order chi connectivity index (χ1) is 9.05. The number of hydrogen-bond donors (Lipinski definition) is 1. The second kappa shape index (κ2) is 5.06. The number of amidine groups is 2. The Morgan fingerprint density at radius 1 is 1.10 bits per heavy atom. The van der Waals surface area contributed by atoms with Gasteiger partial charge in [0.05, 0.1) is 0 Å². The van der Waals surface area contributed by atoms with E-state index in [1.165, 1.54) is 0 Å². The highest BCUT2D eigenvalue weighted by atomic mass is 32.3. The summed E-state index contributed by atoms with van der Waals surface area (Å²) >= 11 is -3.64. The van der Waals surface area contributed by atoms with Crippen molar-refractivity contribution < 1.29 is 26.3 Å². The quantitative estimate of drug-likeness (QED) is 0.330. The summed E-state index contributed by atoms with van der Waals surface area (Å²) in [5, 5.41) is 0. The van der Waals surface area contributed by atoms with Gasteiger partial charge in [-0.15, -0.1) is 3.77 Å². The van der Waals surface area contributed by atoms with Crippen LogP contribution >= 0.6 is 0 Å². The maximum absolute atomic E-state index is 12.4. The van der Waals surface area contributed by atoms with Gasteiger partial charge in [-0.25, -0.2) is 0 Å². The SMILES string of the molecule is N/C(=N/[S-]1=NS2=NC(C(F)(F)F)=NS(=N2)N=1)C(F)(F)F. The molecule has 2 aliphatic rings. The Labute approximate surface area is 114 Å². The van der Waals surface area contributed by atoms with Gasteiger partial charge in [0.15, 0.2) is 5.84 Å². The second-order valence-electron chi connectivity index (χ2n) is 2.94. The molecule has 2 aliphatic heterocycles. The first-order valence-electron chi connectivity index (χ1n) is 4.24. The van der Waals surface area contributed by atoms with E-state index in [0.29, 0.717) is 0 Å². The molecule has 0 radical (unpaired) electrons. The van der Waals surface area contributed by atoms with Crippen molar-refractivity contribution in [2.24, 2.45) is 30.2 Å². The molecule has 114 valence electrons. The summed E-state index contributed by atoms with van der Waals surface area (Å²) in [5.74, 6) is -3.12. The maximum atomic E-state index is 12.4. The van der Waals surface area contributed by atoms with E-state index in [4.69, 9.17) is 0 Å². The Kier molecular flexibility index (Phi) is 3.89. The van der Waals surface area contributed by atoms with Gasteiger partial charge in [0.25, 0.3) is 5.84 Å². The number of nitrogens with two attached hydrogens (primary N) is 1. The fourth-order valence-corrected chi connectivity index (χ4v) is 4.96. The van der Waals surface area contributed by atoms with Gasteiger partial charge in [-0.2, -0.15) is 45.8 Å². The highest BCUT2D eigenvalue weighted by molar-refractivity contribution is 8.05. The standard InChI is InChI=1S/C4H2F6N7S3/c5-3(6,7)1(11)12-18-15-19-13-2(4(8,9)10)14-20(16-18)17-19/h(H2,11,12,13,14,15,16,17)/q-1. The van der Waals surface area contributed by atoms with Crippen molar-refractivity contribution in [2.45, 2.75) is 12.4 Å². The topological polar surface area (TPSA) is 100 Å². The average Bonchev–Trinajstić information content (AvgIpc) is 2.24. The molecule has 0 amide bonds. The smallest absolute Gasteiger partial charge is 0.381 e. The minimum atomic E-state index is -4.87. The number of fused-ring (bicyclic) bond motifs is 1. The highest BCUT2D eigenvalue weighted by Gasteiger charge is 2.38. The first kappa shape index (κ1) is 15.4.